The van der Waals surface area contributed by atoms with E-state index in [0.717, 1.165) is 0 Å². The van der Waals surface area contributed by atoms with E-state index in [1.807, 2.05) is 0 Å². The van der Waals surface area contributed by atoms with Crippen molar-refractivity contribution in [3.8, 4) is 0 Å². The lowest BCUT2D eigenvalue weighted by molar-refractivity contribution is -0.192. The van der Waals surface area contributed by atoms with Crippen LogP contribution >= 0.6 is 7.60 Å². The monoisotopic (exact) mass is 433 g/mol. The summed E-state index contributed by atoms with van der Waals surface area (Å²) in [6.07, 6.45) is -3.16. The third kappa shape index (κ3) is 9.70. The van der Waals surface area contributed by atoms with Crippen LogP contribution in [0.2, 0.25) is 0 Å². The molecule has 1 atom stereocenters. The summed E-state index contributed by atoms with van der Waals surface area (Å²) in [6, 6.07) is 7.43. The van der Waals surface area contributed by atoms with Gasteiger partial charge in [0.15, 0.2) is 6.61 Å². The summed E-state index contributed by atoms with van der Waals surface area (Å²) in [7, 11) is -4.64. The topological polar surface area (TPSA) is 166 Å². The molecule has 12 nitrogen and oxygen atoms in total. The maximum Gasteiger partial charge on any atom is 0.454 e. The molecule has 0 fully saturated rings. The van der Waals surface area contributed by atoms with Gasteiger partial charge in [-0.1, -0.05) is 18.2 Å². The Labute approximate surface area is 165 Å². The number of carboxylic acids is 1. The molecular weight excluding hydrogens is 413 g/mol. The molecular formula is C16H20NO11P. The molecule has 1 amide bonds. The molecule has 13 heteroatoms. The largest absolute Gasteiger partial charge is 0.480 e. The fourth-order valence-corrected chi connectivity index (χ4v) is 2.83. The van der Waals surface area contributed by atoms with Gasteiger partial charge in [0, 0.05) is 0 Å². The minimum Gasteiger partial charge on any atom is -0.480 e. The Hall–Kier alpha value is -2.95. The Morgan fingerprint density at radius 3 is 2.28 bits per heavy atom. The minimum atomic E-state index is -4.64. The predicted octanol–water partition coefficient (Wildman–Crippen LogP) is 1.39. The standard InChI is InChI=1S/C16H20NO11P/c1-11(2)26-14(20)9-25-29(23,24)10-17(8-13(18)19)16(22)28-27-15(21)12-6-4-3-5-7-12/h3-7,11H,8-10H2,1-2H3,(H,18,19)(H,23,24). The van der Waals surface area contributed by atoms with Gasteiger partial charge in [0.2, 0.25) is 0 Å². The Balaban J connectivity index is 2.68. The van der Waals surface area contributed by atoms with E-state index in [4.69, 9.17) is 9.84 Å². The number of hydrogen-bond acceptors (Lipinski definition) is 9. The van der Waals surface area contributed by atoms with Crippen molar-refractivity contribution in [1.29, 1.82) is 0 Å². The van der Waals surface area contributed by atoms with Crippen LogP contribution < -0.4 is 0 Å². The van der Waals surface area contributed by atoms with Crippen LogP contribution in [0.3, 0.4) is 0 Å². The van der Waals surface area contributed by atoms with Gasteiger partial charge >= 0.3 is 31.6 Å². The van der Waals surface area contributed by atoms with Crippen LogP contribution in [0.4, 0.5) is 4.79 Å². The van der Waals surface area contributed by atoms with Gasteiger partial charge in [-0.05, 0) is 26.0 Å². The number of carbonyl (C=O) groups is 4. The normalized spacial score (nSPS) is 12.6. The second-order valence-corrected chi connectivity index (χ2v) is 7.58. The molecule has 1 aromatic rings. The average Bonchev–Trinajstić information content (AvgIpc) is 2.63. The summed E-state index contributed by atoms with van der Waals surface area (Å²) in [6.45, 7) is 1.15. The molecule has 1 rings (SSSR count). The van der Waals surface area contributed by atoms with E-state index in [1.165, 1.54) is 24.3 Å². The van der Waals surface area contributed by atoms with Gasteiger partial charge in [0.25, 0.3) is 0 Å². The lowest BCUT2D eigenvalue weighted by atomic mass is 10.2. The third-order valence-electron chi connectivity index (χ3n) is 2.88. The molecule has 0 spiro atoms. The molecule has 160 valence electrons. The van der Waals surface area contributed by atoms with E-state index in [2.05, 4.69) is 14.3 Å². The maximum absolute atomic E-state index is 12.0. The number of benzene rings is 1. The average molecular weight is 433 g/mol. The number of amides is 1. The van der Waals surface area contributed by atoms with E-state index in [-0.39, 0.29) is 10.5 Å². The minimum absolute atomic E-state index is 0.0462. The molecule has 0 aliphatic rings. The smallest absolute Gasteiger partial charge is 0.454 e. The zero-order chi connectivity index (χ0) is 22.0. The first kappa shape index (κ1) is 24.1. The van der Waals surface area contributed by atoms with Crippen LogP contribution in [0.5, 0.6) is 0 Å². The highest BCUT2D eigenvalue weighted by atomic mass is 31.2. The molecule has 0 aromatic heterocycles. The van der Waals surface area contributed by atoms with Crippen molar-refractivity contribution in [3.05, 3.63) is 35.9 Å². The maximum atomic E-state index is 12.0. The second kappa shape index (κ2) is 11.1. The number of rotatable bonds is 9. The third-order valence-corrected chi connectivity index (χ3v) is 4.11. The fourth-order valence-electron chi connectivity index (χ4n) is 1.79. The number of aliphatic carboxylic acids is 1. The van der Waals surface area contributed by atoms with Crippen LogP contribution in [0.15, 0.2) is 30.3 Å². The van der Waals surface area contributed by atoms with Gasteiger partial charge in [0.05, 0.1) is 11.7 Å². The number of ether oxygens (including phenoxy) is 1. The second-order valence-electron chi connectivity index (χ2n) is 5.77. The SMILES string of the molecule is CC(C)OC(=O)COP(=O)(O)CN(CC(=O)O)C(=O)OOC(=O)c1ccccc1. The van der Waals surface area contributed by atoms with E-state index < -0.39 is 57.1 Å². The number of carboxylic acid groups (broad SMARTS) is 1. The highest BCUT2D eigenvalue weighted by molar-refractivity contribution is 7.52. The lowest BCUT2D eigenvalue weighted by Crippen LogP contribution is -2.37. The number of carbonyl (C=O) groups excluding carboxylic acids is 3. The van der Waals surface area contributed by atoms with Gasteiger partial charge in [-0.3, -0.25) is 18.8 Å². The van der Waals surface area contributed by atoms with Crippen molar-refractivity contribution in [2.24, 2.45) is 0 Å². The first-order valence-electron chi connectivity index (χ1n) is 8.10. The van der Waals surface area contributed by atoms with E-state index >= 15 is 0 Å². The summed E-state index contributed by atoms with van der Waals surface area (Å²) >= 11 is 0. The summed E-state index contributed by atoms with van der Waals surface area (Å²) in [5, 5.41) is 8.86. The van der Waals surface area contributed by atoms with Crippen LogP contribution in [-0.4, -0.2) is 64.4 Å². The zero-order valence-corrected chi connectivity index (χ0v) is 16.4. The van der Waals surface area contributed by atoms with Crippen LogP contribution in [-0.2, 0) is 33.2 Å². The van der Waals surface area contributed by atoms with E-state index in [9.17, 15) is 28.6 Å². The van der Waals surface area contributed by atoms with Crippen molar-refractivity contribution in [1.82, 2.24) is 4.90 Å². The van der Waals surface area contributed by atoms with Gasteiger partial charge in [-0.2, -0.15) is 0 Å². The number of hydrogen-bond donors (Lipinski definition) is 2. The van der Waals surface area contributed by atoms with Gasteiger partial charge in [-0.25, -0.2) is 24.2 Å². The Morgan fingerprint density at radius 2 is 1.72 bits per heavy atom. The quantitative estimate of drug-likeness (QED) is 0.250. The summed E-state index contributed by atoms with van der Waals surface area (Å²) in [5.74, 6) is -3.52. The lowest BCUT2D eigenvalue weighted by Gasteiger charge is -2.21. The van der Waals surface area contributed by atoms with Gasteiger partial charge < -0.3 is 14.7 Å². The highest BCUT2D eigenvalue weighted by Gasteiger charge is 2.31. The van der Waals surface area contributed by atoms with Gasteiger partial charge in [-0.15, -0.1) is 0 Å². The van der Waals surface area contributed by atoms with Crippen LogP contribution in [0, 0.1) is 0 Å². The predicted molar refractivity (Wildman–Crippen MR) is 94.6 cm³/mol. The van der Waals surface area contributed by atoms with Crippen molar-refractivity contribution >= 4 is 31.6 Å². The first-order valence-corrected chi connectivity index (χ1v) is 9.87. The molecule has 0 aliphatic heterocycles. The van der Waals surface area contributed by atoms with Crippen LogP contribution in [0.1, 0.15) is 24.2 Å². The molecule has 0 saturated carbocycles. The summed E-state index contributed by atoms with van der Waals surface area (Å²) < 4.78 is 21.3. The number of esters is 1. The fraction of sp³-hybridized carbons (Fsp3) is 0.375. The molecule has 1 unspecified atom stereocenters. The number of nitrogens with zero attached hydrogens (tertiary/aromatic N) is 1. The first-order chi connectivity index (χ1) is 13.5. The molecule has 0 radical (unpaired) electrons. The Bertz CT molecular complexity index is 780. The van der Waals surface area contributed by atoms with E-state index in [0.29, 0.717) is 0 Å². The molecule has 0 saturated heterocycles. The molecule has 0 heterocycles. The molecule has 29 heavy (non-hydrogen) atoms. The van der Waals surface area contributed by atoms with Crippen molar-refractivity contribution in [2.45, 2.75) is 20.0 Å². The highest BCUT2D eigenvalue weighted by Crippen LogP contribution is 2.42. The van der Waals surface area contributed by atoms with Crippen molar-refractivity contribution in [2.75, 3.05) is 19.4 Å². The van der Waals surface area contributed by atoms with Gasteiger partial charge in [0.1, 0.15) is 12.8 Å². The zero-order valence-electron chi connectivity index (χ0n) is 15.5. The van der Waals surface area contributed by atoms with Crippen molar-refractivity contribution < 1.29 is 52.8 Å². The molecule has 2 N–H and O–H groups in total. The Morgan fingerprint density at radius 1 is 1.10 bits per heavy atom. The molecule has 0 aliphatic carbocycles. The van der Waals surface area contributed by atoms with Crippen molar-refractivity contribution in [3.63, 3.8) is 0 Å². The van der Waals surface area contributed by atoms with E-state index in [1.54, 1.807) is 19.9 Å². The van der Waals surface area contributed by atoms with Crippen LogP contribution in [0.25, 0.3) is 0 Å². The summed E-state index contributed by atoms with van der Waals surface area (Å²) in [5.41, 5.74) is 0.0462. The molecule has 0 bridgehead atoms. The molecule has 1 aromatic carbocycles. The Kier molecular flexibility index (Phi) is 9.26. The summed E-state index contributed by atoms with van der Waals surface area (Å²) in [4.78, 5) is 64.5.